The van der Waals surface area contributed by atoms with Crippen LogP contribution in [0.25, 0.3) is 0 Å². The molecule has 33 heavy (non-hydrogen) atoms. The number of likely N-dealkylation sites (N-methyl/N-ethyl adjacent to an activating group) is 1. The van der Waals surface area contributed by atoms with Gasteiger partial charge in [-0.2, -0.15) is 0 Å². The molecule has 2 amide bonds. The third-order valence-corrected chi connectivity index (χ3v) is 5.63. The summed E-state index contributed by atoms with van der Waals surface area (Å²) in [5.74, 6) is 0.267. The van der Waals surface area contributed by atoms with Crippen LogP contribution in [0.1, 0.15) is 49.9 Å². The van der Waals surface area contributed by atoms with Gasteiger partial charge in [0.2, 0.25) is 11.8 Å². The van der Waals surface area contributed by atoms with Gasteiger partial charge in [-0.15, -0.1) is 0 Å². The molecular formula is C24H34N2O7. The largest absolute Gasteiger partial charge is 0.493 e. The van der Waals surface area contributed by atoms with E-state index in [1.165, 1.54) is 18.9 Å². The summed E-state index contributed by atoms with van der Waals surface area (Å²) in [6, 6.07) is 4.96. The van der Waals surface area contributed by atoms with E-state index < -0.39 is 0 Å². The van der Waals surface area contributed by atoms with Crippen molar-refractivity contribution >= 4 is 23.6 Å². The number of Topliss-reactive ketones (excluding diaryl/α,β-unsaturated/α-hetero) is 1. The number of nitrogens with zero attached hydrogens (tertiary/aromatic N) is 2. The third-order valence-electron chi connectivity index (χ3n) is 5.63. The first-order chi connectivity index (χ1) is 15.8. The normalized spacial score (nSPS) is 13.9. The number of hydrogen-bond acceptors (Lipinski definition) is 7. The highest BCUT2D eigenvalue weighted by molar-refractivity contribution is 5.94. The van der Waals surface area contributed by atoms with Crippen LogP contribution in [-0.2, 0) is 19.1 Å². The molecule has 9 heteroatoms. The molecule has 0 aromatic heterocycles. The Kier molecular flexibility index (Phi) is 10.2. The SMILES string of the molecule is CCOC(=O)C1CCN(C(=O)CN(C)C(=O)CCCOc2ccc(C(C)=O)cc2OC)CC1. The van der Waals surface area contributed by atoms with Gasteiger partial charge in [0.1, 0.15) is 0 Å². The average Bonchev–Trinajstić information content (AvgIpc) is 2.81. The highest BCUT2D eigenvalue weighted by atomic mass is 16.5. The monoisotopic (exact) mass is 462 g/mol. The minimum Gasteiger partial charge on any atom is -0.493 e. The van der Waals surface area contributed by atoms with Crippen molar-refractivity contribution in [1.29, 1.82) is 0 Å². The fraction of sp³-hybridized carbons (Fsp3) is 0.583. The number of ether oxygens (including phenoxy) is 3. The Balaban J connectivity index is 1.72. The lowest BCUT2D eigenvalue weighted by Crippen LogP contribution is -2.45. The molecule has 1 aliphatic heterocycles. The first-order valence-electron chi connectivity index (χ1n) is 11.3. The molecule has 0 N–H and O–H groups in total. The number of carbonyl (C=O) groups excluding carboxylic acids is 4. The molecule has 1 aliphatic rings. The Hall–Kier alpha value is -3.10. The molecule has 2 rings (SSSR count). The summed E-state index contributed by atoms with van der Waals surface area (Å²) in [5.41, 5.74) is 0.533. The molecule has 9 nitrogen and oxygen atoms in total. The van der Waals surface area contributed by atoms with Crippen LogP contribution >= 0.6 is 0 Å². The zero-order valence-corrected chi connectivity index (χ0v) is 19.9. The van der Waals surface area contributed by atoms with Crippen LogP contribution in [0, 0.1) is 5.92 Å². The van der Waals surface area contributed by atoms with Gasteiger partial charge in [-0.05, 0) is 51.3 Å². The molecule has 0 saturated carbocycles. The lowest BCUT2D eigenvalue weighted by Gasteiger charge is -2.32. The summed E-state index contributed by atoms with van der Waals surface area (Å²) in [5, 5.41) is 0. The first kappa shape index (κ1) is 26.2. The van der Waals surface area contributed by atoms with Crippen LogP contribution in [0.5, 0.6) is 11.5 Å². The number of methoxy groups -OCH3 is 1. The maximum absolute atomic E-state index is 12.5. The highest BCUT2D eigenvalue weighted by Gasteiger charge is 2.28. The molecule has 0 aliphatic carbocycles. The second-order valence-electron chi connectivity index (χ2n) is 8.03. The van der Waals surface area contributed by atoms with Gasteiger partial charge in [-0.3, -0.25) is 19.2 Å². The first-order valence-corrected chi connectivity index (χ1v) is 11.3. The Morgan fingerprint density at radius 2 is 1.82 bits per heavy atom. The number of likely N-dealkylation sites (tertiary alicyclic amines) is 1. The second-order valence-corrected chi connectivity index (χ2v) is 8.03. The molecule has 1 fully saturated rings. The van der Waals surface area contributed by atoms with Gasteiger partial charge in [0, 0.05) is 32.1 Å². The summed E-state index contributed by atoms with van der Waals surface area (Å²) < 4.78 is 16.0. The number of benzene rings is 1. The van der Waals surface area contributed by atoms with Crippen molar-refractivity contribution in [3.05, 3.63) is 23.8 Å². The Morgan fingerprint density at radius 3 is 2.42 bits per heavy atom. The van der Waals surface area contributed by atoms with E-state index in [4.69, 9.17) is 14.2 Å². The second kappa shape index (κ2) is 12.8. The van der Waals surface area contributed by atoms with E-state index in [0.29, 0.717) is 62.6 Å². The van der Waals surface area contributed by atoms with Crippen molar-refractivity contribution in [3.8, 4) is 11.5 Å². The van der Waals surface area contributed by atoms with Gasteiger partial charge in [-0.1, -0.05) is 0 Å². The lowest BCUT2D eigenvalue weighted by atomic mass is 9.97. The molecule has 0 radical (unpaired) electrons. The van der Waals surface area contributed by atoms with Crippen LogP contribution in [0.3, 0.4) is 0 Å². The summed E-state index contributed by atoms with van der Waals surface area (Å²) in [4.78, 5) is 51.4. The van der Waals surface area contributed by atoms with E-state index in [9.17, 15) is 19.2 Å². The van der Waals surface area contributed by atoms with Crippen LogP contribution < -0.4 is 9.47 Å². The third kappa shape index (κ3) is 7.76. The van der Waals surface area contributed by atoms with Crippen LogP contribution in [0.15, 0.2) is 18.2 Å². The van der Waals surface area contributed by atoms with Gasteiger partial charge >= 0.3 is 5.97 Å². The number of amides is 2. The molecule has 0 spiro atoms. The van der Waals surface area contributed by atoms with E-state index in [2.05, 4.69) is 0 Å². The number of esters is 1. The Bertz CT molecular complexity index is 847. The summed E-state index contributed by atoms with van der Waals surface area (Å²) in [7, 11) is 3.11. The maximum Gasteiger partial charge on any atom is 0.309 e. The number of ketones is 1. The van der Waals surface area contributed by atoms with Gasteiger partial charge in [0.15, 0.2) is 17.3 Å². The zero-order chi connectivity index (χ0) is 24.4. The van der Waals surface area contributed by atoms with Crippen molar-refractivity contribution in [3.63, 3.8) is 0 Å². The predicted octanol–water partition coefficient (Wildman–Crippen LogP) is 2.32. The summed E-state index contributed by atoms with van der Waals surface area (Å²) >= 11 is 0. The van der Waals surface area contributed by atoms with Gasteiger partial charge < -0.3 is 24.0 Å². The molecule has 0 atom stereocenters. The minimum absolute atomic E-state index is 0.00406. The smallest absolute Gasteiger partial charge is 0.309 e. The number of piperidine rings is 1. The number of hydrogen-bond donors (Lipinski definition) is 0. The van der Waals surface area contributed by atoms with E-state index in [0.717, 1.165) is 0 Å². The molecule has 1 heterocycles. The molecule has 182 valence electrons. The molecule has 1 aromatic carbocycles. The van der Waals surface area contributed by atoms with Crippen molar-refractivity contribution < 1.29 is 33.4 Å². The molecule has 0 unspecified atom stereocenters. The van der Waals surface area contributed by atoms with Crippen LogP contribution in [0.4, 0.5) is 0 Å². The Labute approximate surface area is 195 Å². The van der Waals surface area contributed by atoms with Crippen molar-refractivity contribution in [2.45, 2.75) is 39.5 Å². The lowest BCUT2D eigenvalue weighted by molar-refractivity contribution is -0.151. The fourth-order valence-corrected chi connectivity index (χ4v) is 3.62. The number of carbonyl (C=O) groups is 4. The zero-order valence-electron chi connectivity index (χ0n) is 19.9. The van der Waals surface area contributed by atoms with Crippen molar-refractivity contribution in [2.75, 3.05) is 47.0 Å². The van der Waals surface area contributed by atoms with Gasteiger partial charge in [0.25, 0.3) is 0 Å². The molecular weight excluding hydrogens is 428 g/mol. The van der Waals surface area contributed by atoms with Crippen molar-refractivity contribution in [2.24, 2.45) is 5.92 Å². The summed E-state index contributed by atoms with van der Waals surface area (Å²) in [6.45, 7) is 4.89. The highest BCUT2D eigenvalue weighted by Crippen LogP contribution is 2.28. The van der Waals surface area contributed by atoms with Crippen molar-refractivity contribution in [1.82, 2.24) is 9.80 Å². The standard InChI is InChI=1S/C24H34N2O7/c1-5-32-24(30)18-10-12-26(13-11-18)23(29)16-25(3)22(28)7-6-14-33-20-9-8-19(17(2)27)15-21(20)31-4/h8-9,15,18H,5-7,10-14,16H2,1-4H3. The van der Waals surface area contributed by atoms with Gasteiger partial charge in [0.05, 0.1) is 32.8 Å². The van der Waals surface area contributed by atoms with Gasteiger partial charge in [-0.25, -0.2) is 0 Å². The average molecular weight is 463 g/mol. The summed E-state index contributed by atoms with van der Waals surface area (Å²) in [6.07, 6.45) is 1.87. The predicted molar refractivity (Wildman–Crippen MR) is 121 cm³/mol. The number of rotatable bonds is 11. The van der Waals surface area contributed by atoms with E-state index in [1.807, 2.05) is 0 Å². The maximum atomic E-state index is 12.5. The fourth-order valence-electron chi connectivity index (χ4n) is 3.62. The van der Waals surface area contributed by atoms with Crippen LogP contribution in [-0.4, -0.2) is 80.4 Å². The Morgan fingerprint density at radius 1 is 1.12 bits per heavy atom. The van der Waals surface area contributed by atoms with E-state index >= 15 is 0 Å². The van der Waals surface area contributed by atoms with E-state index in [-0.39, 0.29) is 42.5 Å². The minimum atomic E-state index is -0.202. The quantitative estimate of drug-likeness (QED) is 0.282. The topological polar surface area (TPSA) is 102 Å². The van der Waals surface area contributed by atoms with Crippen LogP contribution in [0.2, 0.25) is 0 Å². The molecule has 1 saturated heterocycles. The van der Waals surface area contributed by atoms with E-state index in [1.54, 1.807) is 37.1 Å². The molecule has 1 aromatic rings. The molecule has 0 bridgehead atoms.